The Bertz CT molecular complexity index is 496. The van der Waals surface area contributed by atoms with E-state index in [4.69, 9.17) is 11.6 Å². The van der Waals surface area contributed by atoms with Crippen molar-refractivity contribution in [3.63, 3.8) is 0 Å². The van der Waals surface area contributed by atoms with Crippen LogP contribution in [0.1, 0.15) is 16.7 Å². The van der Waals surface area contributed by atoms with Gasteiger partial charge >= 0.3 is 0 Å². The average molecular weight is 254 g/mol. The van der Waals surface area contributed by atoms with Gasteiger partial charge in [-0.2, -0.15) is 11.3 Å². The molecule has 0 bridgehead atoms. The van der Waals surface area contributed by atoms with Gasteiger partial charge in [-0.25, -0.2) is 9.97 Å². The van der Waals surface area contributed by atoms with E-state index in [2.05, 4.69) is 33.0 Å². The number of nitrogens with zero attached hydrogens (tertiary/aromatic N) is 2. The summed E-state index contributed by atoms with van der Waals surface area (Å²) in [7, 11) is 0. The number of aromatic nitrogens is 2. The molecule has 0 amide bonds. The highest BCUT2D eigenvalue weighted by Gasteiger charge is 2.03. The van der Waals surface area contributed by atoms with Gasteiger partial charge in [0, 0.05) is 18.3 Å². The molecule has 5 heteroatoms. The second-order valence-corrected chi connectivity index (χ2v) is 4.69. The van der Waals surface area contributed by atoms with E-state index >= 15 is 0 Å². The third-order valence-corrected chi connectivity index (χ3v) is 3.44. The summed E-state index contributed by atoms with van der Waals surface area (Å²) >= 11 is 7.46. The van der Waals surface area contributed by atoms with E-state index < -0.39 is 0 Å². The van der Waals surface area contributed by atoms with Crippen molar-refractivity contribution in [2.45, 2.75) is 20.4 Å². The SMILES string of the molecule is Cc1cscc1CNc1nc(Cl)ncc1C. The Balaban J connectivity index is 2.10. The van der Waals surface area contributed by atoms with Crippen LogP contribution in [0.4, 0.5) is 5.82 Å². The Morgan fingerprint density at radius 1 is 1.31 bits per heavy atom. The molecule has 0 saturated heterocycles. The Labute approximate surface area is 104 Å². The number of aryl methyl sites for hydroxylation is 2. The molecular weight excluding hydrogens is 242 g/mol. The van der Waals surface area contributed by atoms with Crippen LogP contribution in [-0.2, 0) is 6.54 Å². The van der Waals surface area contributed by atoms with Crippen molar-refractivity contribution in [2.24, 2.45) is 0 Å². The van der Waals surface area contributed by atoms with Gasteiger partial charge in [0.15, 0.2) is 0 Å². The lowest BCUT2D eigenvalue weighted by molar-refractivity contribution is 1.06. The summed E-state index contributed by atoms with van der Waals surface area (Å²) < 4.78 is 0. The van der Waals surface area contributed by atoms with Crippen LogP contribution in [-0.4, -0.2) is 9.97 Å². The maximum Gasteiger partial charge on any atom is 0.224 e. The lowest BCUT2D eigenvalue weighted by atomic mass is 10.2. The Kier molecular flexibility index (Phi) is 3.41. The highest BCUT2D eigenvalue weighted by molar-refractivity contribution is 7.08. The lowest BCUT2D eigenvalue weighted by Gasteiger charge is -2.07. The van der Waals surface area contributed by atoms with Gasteiger partial charge in [0.25, 0.3) is 0 Å². The number of nitrogens with one attached hydrogen (secondary N) is 1. The van der Waals surface area contributed by atoms with Crippen LogP contribution in [0.15, 0.2) is 17.0 Å². The van der Waals surface area contributed by atoms with E-state index in [0.29, 0.717) is 0 Å². The fraction of sp³-hybridized carbons (Fsp3) is 0.273. The summed E-state index contributed by atoms with van der Waals surface area (Å²) in [6.07, 6.45) is 1.72. The molecule has 2 aromatic heterocycles. The van der Waals surface area contributed by atoms with E-state index in [-0.39, 0.29) is 5.28 Å². The number of rotatable bonds is 3. The normalized spacial score (nSPS) is 10.4. The van der Waals surface area contributed by atoms with Crippen molar-refractivity contribution >= 4 is 28.8 Å². The van der Waals surface area contributed by atoms with E-state index in [0.717, 1.165) is 17.9 Å². The van der Waals surface area contributed by atoms with Gasteiger partial charge in [0.2, 0.25) is 5.28 Å². The van der Waals surface area contributed by atoms with Gasteiger partial charge in [-0.3, -0.25) is 0 Å². The van der Waals surface area contributed by atoms with Crippen molar-refractivity contribution in [3.05, 3.63) is 38.9 Å². The maximum atomic E-state index is 5.75. The highest BCUT2D eigenvalue weighted by atomic mass is 35.5. The third-order valence-electron chi connectivity index (χ3n) is 2.35. The van der Waals surface area contributed by atoms with Gasteiger partial charge in [-0.1, -0.05) is 0 Å². The molecule has 0 aromatic carbocycles. The topological polar surface area (TPSA) is 37.8 Å². The van der Waals surface area contributed by atoms with Crippen LogP contribution in [0.5, 0.6) is 0 Å². The van der Waals surface area contributed by atoms with Gasteiger partial charge in [-0.05, 0) is 47.3 Å². The fourth-order valence-corrected chi connectivity index (χ4v) is 2.34. The van der Waals surface area contributed by atoms with E-state index in [1.54, 1.807) is 17.5 Å². The number of halogens is 1. The first kappa shape index (κ1) is 11.4. The molecule has 2 rings (SSSR count). The molecule has 0 fully saturated rings. The zero-order valence-corrected chi connectivity index (χ0v) is 10.7. The minimum Gasteiger partial charge on any atom is -0.366 e. The summed E-state index contributed by atoms with van der Waals surface area (Å²) in [6, 6.07) is 0. The Morgan fingerprint density at radius 2 is 2.12 bits per heavy atom. The van der Waals surface area contributed by atoms with Crippen LogP contribution >= 0.6 is 22.9 Å². The first-order valence-corrected chi connectivity index (χ1v) is 6.23. The predicted octanol–water partition coefficient (Wildman–Crippen LogP) is 3.42. The first-order chi connectivity index (χ1) is 7.66. The summed E-state index contributed by atoms with van der Waals surface area (Å²) in [4.78, 5) is 8.07. The maximum absolute atomic E-state index is 5.75. The summed E-state index contributed by atoms with van der Waals surface area (Å²) in [5.41, 5.74) is 3.59. The quantitative estimate of drug-likeness (QED) is 0.852. The molecule has 2 aromatic rings. The molecular formula is C11H12ClN3S. The second-order valence-electron chi connectivity index (χ2n) is 3.60. The summed E-state index contributed by atoms with van der Waals surface area (Å²) in [6.45, 7) is 4.83. The minimum atomic E-state index is 0.273. The third kappa shape index (κ3) is 2.51. The molecule has 0 aliphatic rings. The molecule has 0 radical (unpaired) electrons. The molecule has 0 atom stereocenters. The zero-order valence-electron chi connectivity index (χ0n) is 9.12. The molecule has 1 N–H and O–H groups in total. The van der Waals surface area contributed by atoms with E-state index in [9.17, 15) is 0 Å². The Hall–Kier alpha value is -1.13. The molecule has 3 nitrogen and oxygen atoms in total. The fourth-order valence-electron chi connectivity index (χ4n) is 1.35. The van der Waals surface area contributed by atoms with E-state index in [1.165, 1.54) is 11.1 Å². The molecule has 0 unspecified atom stereocenters. The van der Waals surface area contributed by atoms with Crippen molar-refractivity contribution in [1.82, 2.24) is 9.97 Å². The van der Waals surface area contributed by atoms with Crippen molar-refractivity contribution in [2.75, 3.05) is 5.32 Å². The van der Waals surface area contributed by atoms with Crippen LogP contribution < -0.4 is 5.32 Å². The van der Waals surface area contributed by atoms with Gasteiger partial charge in [0.05, 0.1) is 0 Å². The van der Waals surface area contributed by atoms with E-state index in [1.807, 2.05) is 6.92 Å². The number of hydrogen-bond donors (Lipinski definition) is 1. The molecule has 0 spiro atoms. The second kappa shape index (κ2) is 4.80. The van der Waals surface area contributed by atoms with Crippen LogP contribution in [0.3, 0.4) is 0 Å². The standard InChI is InChI=1S/C11H12ClN3S/c1-7-3-14-11(12)15-10(7)13-4-9-6-16-5-8(9)2/h3,5-6H,4H2,1-2H3,(H,13,14,15). The smallest absolute Gasteiger partial charge is 0.224 e. The molecule has 0 saturated carbocycles. The molecule has 84 valence electrons. The van der Waals surface area contributed by atoms with Gasteiger partial charge < -0.3 is 5.32 Å². The van der Waals surface area contributed by atoms with Crippen LogP contribution in [0, 0.1) is 13.8 Å². The molecule has 0 aliphatic heterocycles. The predicted molar refractivity (Wildman–Crippen MR) is 68.2 cm³/mol. The van der Waals surface area contributed by atoms with Gasteiger partial charge in [0.1, 0.15) is 5.82 Å². The van der Waals surface area contributed by atoms with Gasteiger partial charge in [-0.15, -0.1) is 0 Å². The van der Waals surface area contributed by atoms with Crippen LogP contribution in [0.2, 0.25) is 5.28 Å². The molecule has 0 aliphatic carbocycles. The molecule has 16 heavy (non-hydrogen) atoms. The number of thiophene rings is 1. The minimum absolute atomic E-state index is 0.273. The number of hydrogen-bond acceptors (Lipinski definition) is 4. The number of anilines is 1. The monoisotopic (exact) mass is 253 g/mol. The first-order valence-electron chi connectivity index (χ1n) is 4.91. The molecule has 2 heterocycles. The largest absolute Gasteiger partial charge is 0.366 e. The lowest BCUT2D eigenvalue weighted by Crippen LogP contribution is -2.04. The average Bonchev–Trinajstić information content (AvgIpc) is 2.66. The highest BCUT2D eigenvalue weighted by Crippen LogP contribution is 2.17. The van der Waals surface area contributed by atoms with Crippen molar-refractivity contribution < 1.29 is 0 Å². The van der Waals surface area contributed by atoms with Crippen LogP contribution in [0.25, 0.3) is 0 Å². The zero-order chi connectivity index (χ0) is 11.5. The van der Waals surface area contributed by atoms with Crippen molar-refractivity contribution in [1.29, 1.82) is 0 Å². The summed E-state index contributed by atoms with van der Waals surface area (Å²) in [5, 5.41) is 7.82. The summed E-state index contributed by atoms with van der Waals surface area (Å²) in [5.74, 6) is 0.797. The Morgan fingerprint density at radius 3 is 2.81 bits per heavy atom. The van der Waals surface area contributed by atoms with Crippen molar-refractivity contribution in [3.8, 4) is 0 Å².